The molecule has 1 aliphatic carbocycles. The van der Waals surface area contributed by atoms with Gasteiger partial charge in [-0.1, -0.05) is 73.5 Å². The van der Waals surface area contributed by atoms with Gasteiger partial charge in [-0.2, -0.15) is 0 Å². The van der Waals surface area contributed by atoms with Crippen LogP contribution in [0, 0.1) is 5.92 Å². The monoisotopic (exact) mass is 518 g/mol. The summed E-state index contributed by atoms with van der Waals surface area (Å²) >= 11 is 12.5. The van der Waals surface area contributed by atoms with Crippen LogP contribution in [0.25, 0.3) is 5.57 Å². The summed E-state index contributed by atoms with van der Waals surface area (Å²) in [6.45, 7) is 3.63. The van der Waals surface area contributed by atoms with Gasteiger partial charge in [0.1, 0.15) is 5.41 Å². The SMILES string of the molecule is CC(C)C(=O)Nc1cccc(C2=C[C@@]3(C(=O)Nc4cc(Cl)ccc43)[C@H](c3cccc(Cl)c3)CC2=O)c1. The number of amides is 2. The number of anilines is 2. The molecule has 3 aromatic rings. The Hall–Kier alpha value is -3.41. The molecular weight excluding hydrogens is 495 g/mol. The van der Waals surface area contributed by atoms with Gasteiger partial charge < -0.3 is 10.6 Å². The molecule has 5 nitrogen and oxygen atoms in total. The maximum Gasteiger partial charge on any atom is 0.239 e. The minimum Gasteiger partial charge on any atom is -0.326 e. The number of hydrogen-bond acceptors (Lipinski definition) is 3. The topological polar surface area (TPSA) is 75.3 Å². The highest BCUT2D eigenvalue weighted by Crippen LogP contribution is 2.54. The number of fused-ring (bicyclic) bond motifs is 2. The number of halogens is 2. The van der Waals surface area contributed by atoms with Crippen LogP contribution in [0.1, 0.15) is 42.9 Å². The Morgan fingerprint density at radius 2 is 1.75 bits per heavy atom. The zero-order valence-corrected chi connectivity index (χ0v) is 21.3. The molecule has 1 aliphatic heterocycles. The van der Waals surface area contributed by atoms with Gasteiger partial charge in [0, 0.05) is 45.2 Å². The lowest BCUT2D eigenvalue weighted by molar-refractivity contribution is -0.121. The van der Waals surface area contributed by atoms with Gasteiger partial charge in [0.05, 0.1) is 0 Å². The Kier molecular flexibility index (Phi) is 6.23. The van der Waals surface area contributed by atoms with Gasteiger partial charge in [0.2, 0.25) is 11.8 Å². The molecule has 36 heavy (non-hydrogen) atoms. The molecule has 2 amide bonds. The fraction of sp³-hybridized carbons (Fsp3) is 0.207. The van der Waals surface area contributed by atoms with E-state index < -0.39 is 11.3 Å². The van der Waals surface area contributed by atoms with Crippen LogP contribution >= 0.6 is 23.2 Å². The Balaban J connectivity index is 1.69. The van der Waals surface area contributed by atoms with Gasteiger partial charge in [-0.25, -0.2) is 0 Å². The summed E-state index contributed by atoms with van der Waals surface area (Å²) in [5.74, 6) is -1.07. The van der Waals surface area contributed by atoms with E-state index in [1.54, 1.807) is 42.5 Å². The summed E-state index contributed by atoms with van der Waals surface area (Å²) in [4.78, 5) is 39.6. The van der Waals surface area contributed by atoms with Gasteiger partial charge in [-0.3, -0.25) is 14.4 Å². The molecular formula is C29H24Cl2N2O3. The highest BCUT2D eigenvalue weighted by atomic mass is 35.5. The van der Waals surface area contributed by atoms with E-state index in [9.17, 15) is 14.4 Å². The number of carbonyl (C=O) groups excluding carboxylic acids is 3. The third-order valence-electron chi connectivity index (χ3n) is 6.88. The molecule has 2 aliphatic rings. The maximum absolute atomic E-state index is 13.8. The van der Waals surface area contributed by atoms with Crippen molar-refractivity contribution in [3.05, 3.63) is 99.5 Å². The fourth-order valence-electron chi connectivity index (χ4n) is 5.08. The first-order chi connectivity index (χ1) is 17.2. The zero-order valence-electron chi connectivity index (χ0n) is 19.8. The smallest absolute Gasteiger partial charge is 0.239 e. The van der Waals surface area contributed by atoms with Crippen LogP contribution in [0.5, 0.6) is 0 Å². The first-order valence-electron chi connectivity index (χ1n) is 11.7. The largest absolute Gasteiger partial charge is 0.326 e. The van der Waals surface area contributed by atoms with E-state index in [0.717, 1.165) is 11.1 Å². The van der Waals surface area contributed by atoms with Crippen molar-refractivity contribution in [3.8, 4) is 0 Å². The molecule has 2 atom stereocenters. The number of benzene rings is 3. The minimum absolute atomic E-state index is 0.0897. The van der Waals surface area contributed by atoms with E-state index in [4.69, 9.17) is 23.2 Å². The molecule has 0 saturated heterocycles. The molecule has 1 spiro atoms. The highest BCUT2D eigenvalue weighted by molar-refractivity contribution is 6.31. The highest BCUT2D eigenvalue weighted by Gasteiger charge is 2.54. The molecule has 2 N–H and O–H groups in total. The van der Waals surface area contributed by atoms with E-state index >= 15 is 0 Å². The summed E-state index contributed by atoms with van der Waals surface area (Å²) in [6.07, 6.45) is 1.90. The van der Waals surface area contributed by atoms with Gasteiger partial charge >= 0.3 is 0 Å². The molecule has 0 fully saturated rings. The summed E-state index contributed by atoms with van der Waals surface area (Å²) < 4.78 is 0. The molecule has 182 valence electrons. The molecule has 0 aromatic heterocycles. The Morgan fingerprint density at radius 1 is 1.00 bits per heavy atom. The second-order valence-corrected chi connectivity index (χ2v) is 10.4. The molecule has 0 radical (unpaired) electrons. The predicted octanol–water partition coefficient (Wildman–Crippen LogP) is 6.62. The number of carbonyl (C=O) groups is 3. The van der Waals surface area contributed by atoms with E-state index in [-0.39, 0.29) is 29.9 Å². The molecule has 5 rings (SSSR count). The minimum atomic E-state index is -1.13. The maximum atomic E-state index is 13.8. The van der Waals surface area contributed by atoms with Crippen LogP contribution < -0.4 is 10.6 Å². The van der Waals surface area contributed by atoms with Crippen molar-refractivity contribution in [1.82, 2.24) is 0 Å². The van der Waals surface area contributed by atoms with Crippen molar-refractivity contribution in [2.45, 2.75) is 31.6 Å². The molecule has 0 bridgehead atoms. The Labute approximate surface area is 219 Å². The van der Waals surface area contributed by atoms with E-state index in [2.05, 4.69) is 10.6 Å². The standard InChI is InChI=1S/C29H24Cl2N2O3/c1-16(2)27(35)32-21-8-4-5-17(12-21)22-15-29(23-10-9-20(31)13-25(23)33-28(29)36)24(14-26(22)34)18-6-3-7-19(30)11-18/h3-13,15-16,24H,14H2,1-2H3,(H,32,35)(H,33,36)/t24-,29-/m0/s1. The summed E-state index contributed by atoms with van der Waals surface area (Å²) in [7, 11) is 0. The number of ketones is 1. The van der Waals surface area contributed by atoms with Crippen LogP contribution in [0.3, 0.4) is 0 Å². The first kappa shape index (κ1) is 24.3. The fourth-order valence-corrected chi connectivity index (χ4v) is 5.45. The normalized spacial score (nSPS) is 20.8. The lowest BCUT2D eigenvalue weighted by Crippen LogP contribution is -2.43. The second-order valence-electron chi connectivity index (χ2n) is 9.53. The molecule has 7 heteroatoms. The lowest BCUT2D eigenvalue weighted by Gasteiger charge is -2.38. The van der Waals surface area contributed by atoms with Gasteiger partial charge in [-0.15, -0.1) is 0 Å². The summed E-state index contributed by atoms with van der Waals surface area (Å²) in [5, 5.41) is 6.91. The van der Waals surface area contributed by atoms with Gasteiger partial charge in [0.15, 0.2) is 5.78 Å². The third kappa shape index (κ3) is 4.12. The molecule has 1 heterocycles. The molecule has 3 aromatic carbocycles. The Morgan fingerprint density at radius 3 is 2.50 bits per heavy atom. The van der Waals surface area contributed by atoms with Crippen molar-refractivity contribution < 1.29 is 14.4 Å². The van der Waals surface area contributed by atoms with Crippen LogP contribution in [-0.2, 0) is 19.8 Å². The summed E-state index contributed by atoms with van der Waals surface area (Å²) in [5.41, 5.74) is 2.73. The van der Waals surface area contributed by atoms with E-state index in [0.29, 0.717) is 32.6 Å². The predicted molar refractivity (Wildman–Crippen MR) is 143 cm³/mol. The molecule has 0 saturated carbocycles. The average Bonchev–Trinajstić information content (AvgIpc) is 3.10. The van der Waals surface area contributed by atoms with Crippen LogP contribution in [0.15, 0.2) is 72.8 Å². The second kappa shape index (κ2) is 9.23. The van der Waals surface area contributed by atoms with E-state index in [1.165, 1.54) is 0 Å². The quantitative estimate of drug-likeness (QED) is 0.407. The van der Waals surface area contributed by atoms with Crippen LogP contribution in [0.4, 0.5) is 11.4 Å². The average molecular weight is 519 g/mol. The Bertz CT molecular complexity index is 1450. The van der Waals surface area contributed by atoms with Crippen LogP contribution in [0.2, 0.25) is 10.0 Å². The molecule has 0 unspecified atom stereocenters. The number of nitrogens with one attached hydrogen (secondary N) is 2. The van der Waals surface area contributed by atoms with Crippen molar-refractivity contribution in [2.75, 3.05) is 10.6 Å². The first-order valence-corrected chi connectivity index (χ1v) is 12.5. The van der Waals surface area contributed by atoms with Crippen molar-refractivity contribution in [3.63, 3.8) is 0 Å². The van der Waals surface area contributed by atoms with Crippen molar-refractivity contribution in [2.24, 2.45) is 5.92 Å². The zero-order chi connectivity index (χ0) is 25.6. The third-order valence-corrected chi connectivity index (χ3v) is 7.35. The van der Waals surface area contributed by atoms with Crippen molar-refractivity contribution in [1.29, 1.82) is 0 Å². The van der Waals surface area contributed by atoms with Crippen molar-refractivity contribution >= 4 is 57.7 Å². The number of rotatable bonds is 4. The van der Waals surface area contributed by atoms with Crippen LogP contribution in [-0.4, -0.2) is 17.6 Å². The summed E-state index contributed by atoms with van der Waals surface area (Å²) in [6, 6.07) is 19.8. The number of Topliss-reactive ketones (excluding diaryl/α,β-unsaturated/α-hetero) is 1. The van der Waals surface area contributed by atoms with Gasteiger partial charge in [0.25, 0.3) is 0 Å². The van der Waals surface area contributed by atoms with Gasteiger partial charge in [-0.05, 0) is 53.1 Å². The lowest BCUT2D eigenvalue weighted by atomic mass is 9.61. The number of allylic oxidation sites excluding steroid dienone is 1. The number of hydrogen-bond donors (Lipinski definition) is 2. The van der Waals surface area contributed by atoms with E-state index in [1.807, 2.05) is 44.2 Å².